The van der Waals surface area contributed by atoms with Gasteiger partial charge in [-0.2, -0.15) is 0 Å². The number of carbonyl (C=O) groups is 3. The van der Waals surface area contributed by atoms with Crippen molar-refractivity contribution in [2.24, 2.45) is 0 Å². The molecule has 2 N–H and O–H groups in total. The molecule has 27 heavy (non-hydrogen) atoms. The van der Waals surface area contributed by atoms with Crippen LogP contribution in [0, 0.1) is 6.92 Å². The van der Waals surface area contributed by atoms with E-state index in [9.17, 15) is 14.4 Å². The maximum absolute atomic E-state index is 12.9. The maximum Gasteiger partial charge on any atom is 0.340 e. The van der Waals surface area contributed by atoms with Crippen molar-refractivity contribution in [3.8, 4) is 5.75 Å². The third-order valence-electron chi connectivity index (χ3n) is 4.33. The molecule has 1 aliphatic rings. The van der Waals surface area contributed by atoms with E-state index in [1.165, 1.54) is 25.4 Å². The fraction of sp³-hybridized carbons (Fsp3) is 0.316. The van der Waals surface area contributed by atoms with Crippen LogP contribution in [-0.4, -0.2) is 30.5 Å². The number of nitrogens with one attached hydrogen (secondary N) is 2. The van der Waals surface area contributed by atoms with E-state index in [0.29, 0.717) is 22.9 Å². The third kappa shape index (κ3) is 3.40. The number of ether oxygens (including phenoxy) is 2. The lowest BCUT2D eigenvalue weighted by Gasteiger charge is -2.33. The zero-order valence-electron chi connectivity index (χ0n) is 15.5. The normalized spacial score (nSPS) is 18.1. The van der Waals surface area contributed by atoms with E-state index in [4.69, 9.17) is 9.47 Å². The standard InChI is InChI=1S/C19H20N2O5S/c1-5-11-9-12(16(22)25-4)15(27-11)21-18(24)19(3)17(23)20-13-8-10(2)6-7-14(13)26-19/h6-9H,5H2,1-4H3,(H,20,23)(H,21,24). The van der Waals surface area contributed by atoms with Gasteiger partial charge in [0, 0.05) is 4.88 Å². The molecule has 1 aromatic carbocycles. The number of carbonyl (C=O) groups excluding carboxylic acids is 3. The van der Waals surface area contributed by atoms with Gasteiger partial charge in [-0.25, -0.2) is 4.79 Å². The van der Waals surface area contributed by atoms with Gasteiger partial charge in [-0.1, -0.05) is 13.0 Å². The van der Waals surface area contributed by atoms with E-state index < -0.39 is 23.4 Å². The highest BCUT2D eigenvalue weighted by atomic mass is 32.1. The Morgan fingerprint density at radius 3 is 2.74 bits per heavy atom. The fourth-order valence-electron chi connectivity index (χ4n) is 2.68. The van der Waals surface area contributed by atoms with Crippen LogP contribution in [0.3, 0.4) is 0 Å². The van der Waals surface area contributed by atoms with Crippen molar-refractivity contribution in [3.63, 3.8) is 0 Å². The van der Waals surface area contributed by atoms with Crippen LogP contribution in [-0.2, 0) is 20.7 Å². The van der Waals surface area contributed by atoms with E-state index in [1.807, 2.05) is 19.9 Å². The molecule has 142 valence electrons. The molecule has 2 heterocycles. The van der Waals surface area contributed by atoms with Crippen molar-refractivity contribution < 1.29 is 23.9 Å². The Labute approximate surface area is 160 Å². The second kappa shape index (κ2) is 7.03. The second-order valence-electron chi connectivity index (χ2n) is 6.34. The van der Waals surface area contributed by atoms with Crippen LogP contribution < -0.4 is 15.4 Å². The minimum Gasteiger partial charge on any atom is -0.466 e. The molecular weight excluding hydrogens is 368 g/mol. The van der Waals surface area contributed by atoms with Crippen molar-refractivity contribution in [1.29, 1.82) is 0 Å². The molecule has 1 aliphatic heterocycles. The summed E-state index contributed by atoms with van der Waals surface area (Å²) in [5.41, 5.74) is -0.0426. The lowest BCUT2D eigenvalue weighted by molar-refractivity contribution is -0.143. The molecule has 0 spiro atoms. The molecule has 0 aliphatic carbocycles. The molecule has 0 saturated heterocycles. The van der Waals surface area contributed by atoms with E-state index in [0.717, 1.165) is 10.4 Å². The van der Waals surface area contributed by atoms with E-state index in [1.54, 1.807) is 18.2 Å². The molecule has 2 amide bonds. The van der Waals surface area contributed by atoms with Gasteiger partial charge >= 0.3 is 5.97 Å². The summed E-state index contributed by atoms with van der Waals surface area (Å²) in [6, 6.07) is 6.98. The van der Waals surface area contributed by atoms with Crippen LogP contribution in [0.25, 0.3) is 0 Å². The fourth-order valence-corrected chi connectivity index (χ4v) is 3.66. The molecule has 0 fully saturated rings. The summed E-state index contributed by atoms with van der Waals surface area (Å²) in [7, 11) is 1.27. The summed E-state index contributed by atoms with van der Waals surface area (Å²) < 4.78 is 10.5. The predicted molar refractivity (Wildman–Crippen MR) is 103 cm³/mol. The number of fused-ring (bicyclic) bond motifs is 1. The van der Waals surface area contributed by atoms with Gasteiger partial charge in [-0.3, -0.25) is 9.59 Å². The predicted octanol–water partition coefficient (Wildman–Crippen LogP) is 3.13. The summed E-state index contributed by atoms with van der Waals surface area (Å²) in [5.74, 6) is -1.39. The zero-order chi connectivity index (χ0) is 19.8. The molecule has 0 saturated carbocycles. The molecule has 0 bridgehead atoms. The average Bonchev–Trinajstić information content (AvgIpc) is 3.05. The van der Waals surface area contributed by atoms with Gasteiger partial charge in [0.1, 0.15) is 10.8 Å². The van der Waals surface area contributed by atoms with Crippen molar-refractivity contribution in [2.75, 3.05) is 17.7 Å². The highest BCUT2D eigenvalue weighted by Gasteiger charge is 2.47. The Balaban J connectivity index is 1.90. The first-order valence-corrected chi connectivity index (χ1v) is 9.23. The number of thiophene rings is 1. The first-order valence-electron chi connectivity index (χ1n) is 8.42. The SMILES string of the molecule is CCc1cc(C(=O)OC)c(NC(=O)C2(C)Oc3ccc(C)cc3NC2=O)s1. The summed E-state index contributed by atoms with van der Waals surface area (Å²) in [4.78, 5) is 38.4. The Hall–Kier alpha value is -2.87. The van der Waals surface area contributed by atoms with Gasteiger partial charge < -0.3 is 20.1 Å². The minimum absolute atomic E-state index is 0.253. The Bertz CT molecular complexity index is 936. The van der Waals surface area contributed by atoms with Crippen LogP contribution in [0.4, 0.5) is 10.7 Å². The number of hydrogen-bond acceptors (Lipinski definition) is 6. The number of benzene rings is 1. The summed E-state index contributed by atoms with van der Waals surface area (Å²) in [6.45, 7) is 5.23. The van der Waals surface area contributed by atoms with E-state index in [-0.39, 0.29) is 5.56 Å². The molecule has 1 aromatic heterocycles. The van der Waals surface area contributed by atoms with E-state index in [2.05, 4.69) is 10.6 Å². The molecule has 1 atom stereocenters. The van der Waals surface area contributed by atoms with Crippen LogP contribution >= 0.6 is 11.3 Å². The molecule has 2 aromatic rings. The number of anilines is 2. The van der Waals surface area contributed by atoms with Crippen LogP contribution in [0.2, 0.25) is 0 Å². The monoisotopic (exact) mass is 388 g/mol. The summed E-state index contributed by atoms with van der Waals surface area (Å²) in [6.07, 6.45) is 0.700. The van der Waals surface area contributed by atoms with Crippen LogP contribution in [0.5, 0.6) is 5.75 Å². The summed E-state index contributed by atoms with van der Waals surface area (Å²) >= 11 is 1.26. The van der Waals surface area contributed by atoms with Crippen molar-refractivity contribution in [2.45, 2.75) is 32.8 Å². The van der Waals surface area contributed by atoms with Crippen molar-refractivity contribution in [1.82, 2.24) is 0 Å². The number of amides is 2. The topological polar surface area (TPSA) is 93.7 Å². The molecular formula is C19H20N2O5S. The average molecular weight is 388 g/mol. The quantitative estimate of drug-likeness (QED) is 0.620. The molecule has 3 rings (SSSR count). The lowest BCUT2D eigenvalue weighted by Crippen LogP contribution is -2.56. The molecule has 8 heteroatoms. The Kier molecular flexibility index (Phi) is 4.93. The van der Waals surface area contributed by atoms with Gasteiger partial charge in [-0.15, -0.1) is 11.3 Å². The highest BCUT2D eigenvalue weighted by Crippen LogP contribution is 2.36. The van der Waals surface area contributed by atoms with Crippen LogP contribution in [0.15, 0.2) is 24.3 Å². The number of methoxy groups -OCH3 is 1. The largest absolute Gasteiger partial charge is 0.466 e. The maximum atomic E-state index is 12.9. The second-order valence-corrected chi connectivity index (χ2v) is 7.48. The number of rotatable bonds is 4. The van der Waals surface area contributed by atoms with Gasteiger partial charge in [0.15, 0.2) is 0 Å². The number of aryl methyl sites for hydroxylation is 2. The molecule has 0 radical (unpaired) electrons. The van der Waals surface area contributed by atoms with E-state index >= 15 is 0 Å². The first-order chi connectivity index (χ1) is 12.8. The Morgan fingerprint density at radius 2 is 2.07 bits per heavy atom. The van der Waals surface area contributed by atoms with Crippen molar-refractivity contribution >= 4 is 39.8 Å². The van der Waals surface area contributed by atoms with Gasteiger partial charge in [0.25, 0.3) is 17.4 Å². The third-order valence-corrected chi connectivity index (χ3v) is 5.52. The number of hydrogen-bond donors (Lipinski definition) is 2. The smallest absolute Gasteiger partial charge is 0.340 e. The van der Waals surface area contributed by atoms with Gasteiger partial charge in [-0.05, 0) is 44.0 Å². The minimum atomic E-state index is -1.77. The molecule has 7 nitrogen and oxygen atoms in total. The Morgan fingerprint density at radius 1 is 1.33 bits per heavy atom. The lowest BCUT2D eigenvalue weighted by atomic mass is 10.0. The first kappa shape index (κ1) is 18.9. The van der Waals surface area contributed by atoms with Gasteiger partial charge in [0.05, 0.1) is 18.4 Å². The van der Waals surface area contributed by atoms with Gasteiger partial charge in [0.2, 0.25) is 0 Å². The summed E-state index contributed by atoms with van der Waals surface area (Å²) in [5, 5.41) is 5.70. The number of esters is 1. The molecule has 1 unspecified atom stereocenters. The zero-order valence-corrected chi connectivity index (χ0v) is 16.3. The van der Waals surface area contributed by atoms with Crippen LogP contribution in [0.1, 0.15) is 34.6 Å². The highest BCUT2D eigenvalue weighted by molar-refractivity contribution is 7.16. The van der Waals surface area contributed by atoms with Crippen molar-refractivity contribution in [3.05, 3.63) is 40.3 Å².